The van der Waals surface area contributed by atoms with E-state index in [2.05, 4.69) is 232 Å². The second-order valence-electron chi connectivity index (χ2n) is 15.6. The largest absolute Gasteiger partial charge is 0.333 e. The predicted octanol–water partition coefficient (Wildman–Crippen LogP) is 12.3. The third kappa shape index (κ3) is 5.07. The minimum Gasteiger partial charge on any atom is -0.333 e. The second kappa shape index (κ2) is 13.2. The first-order valence-corrected chi connectivity index (χ1v) is 22.0. The molecule has 1 aliphatic heterocycles. The summed E-state index contributed by atoms with van der Waals surface area (Å²) in [7, 11) is -3.55. The molecule has 3 heterocycles. The van der Waals surface area contributed by atoms with Gasteiger partial charge in [0.15, 0.2) is 7.14 Å². The van der Waals surface area contributed by atoms with Gasteiger partial charge in [-0.15, -0.1) is 0 Å². The molecule has 0 fully saturated rings. The highest BCUT2D eigenvalue weighted by atomic mass is 31.2. The molecule has 8 aromatic carbocycles. The first kappa shape index (κ1) is 34.0. The van der Waals surface area contributed by atoms with E-state index in [1.165, 1.54) is 32.8 Å². The average Bonchev–Trinajstić information content (AvgIpc) is 3.95. The van der Waals surface area contributed by atoms with Crippen LogP contribution in [0.5, 0.6) is 0 Å². The molecule has 1 aliphatic carbocycles. The molecule has 2 aromatic heterocycles. The molecule has 59 heavy (non-hydrogen) atoms. The summed E-state index contributed by atoms with van der Waals surface area (Å²) in [6, 6.07) is 68.4. The SMILES string of the molecule is O=P(c1cccc(N2c3ccccc3C3C=CC=CC32)c1)(c1cccc(-n2c3ccccc3c3ccccc32)c1)c1cccc(-n2c3ccccc3c3ccccc32)c1. The van der Waals surface area contributed by atoms with Crippen molar-refractivity contribution in [2.75, 3.05) is 4.90 Å². The number of benzene rings is 8. The van der Waals surface area contributed by atoms with Crippen LogP contribution in [0.4, 0.5) is 11.4 Å². The Kier molecular flexibility index (Phi) is 7.60. The zero-order valence-corrected chi connectivity index (χ0v) is 33.0. The van der Waals surface area contributed by atoms with E-state index < -0.39 is 7.14 Å². The van der Waals surface area contributed by atoms with Gasteiger partial charge < -0.3 is 18.6 Å². The summed E-state index contributed by atoms with van der Waals surface area (Å²) in [5.41, 5.74) is 9.95. The number of allylic oxidation sites excluding steroid dienone is 2. The minimum atomic E-state index is -3.55. The molecule has 0 saturated heterocycles. The Labute approximate surface area is 342 Å². The second-order valence-corrected chi connectivity index (χ2v) is 18.4. The lowest BCUT2D eigenvalue weighted by molar-refractivity contribution is 0.592. The quantitative estimate of drug-likeness (QED) is 0.158. The van der Waals surface area contributed by atoms with Crippen molar-refractivity contribution in [3.05, 3.63) is 224 Å². The monoisotopic (exact) mass is 775 g/mol. The maximum Gasteiger partial charge on any atom is 0.171 e. The molecular formula is C54H38N3OP. The highest BCUT2D eigenvalue weighted by Crippen LogP contribution is 2.49. The van der Waals surface area contributed by atoms with Gasteiger partial charge in [-0.1, -0.05) is 152 Å². The number of anilines is 2. The van der Waals surface area contributed by atoms with E-state index >= 15 is 4.57 Å². The molecule has 0 spiro atoms. The lowest BCUT2D eigenvalue weighted by Gasteiger charge is -2.30. The zero-order chi connectivity index (χ0) is 39.1. The number of aromatic nitrogens is 2. The summed E-state index contributed by atoms with van der Waals surface area (Å²) >= 11 is 0. The van der Waals surface area contributed by atoms with Crippen molar-refractivity contribution in [1.29, 1.82) is 0 Å². The molecular weight excluding hydrogens is 738 g/mol. The van der Waals surface area contributed by atoms with Gasteiger partial charge >= 0.3 is 0 Å². The lowest BCUT2D eigenvalue weighted by Crippen LogP contribution is -2.30. The van der Waals surface area contributed by atoms with Crippen LogP contribution in [-0.4, -0.2) is 15.2 Å². The van der Waals surface area contributed by atoms with Gasteiger partial charge in [-0.2, -0.15) is 0 Å². The molecule has 0 N–H and O–H groups in total. The molecule has 0 amide bonds. The van der Waals surface area contributed by atoms with Gasteiger partial charge in [0.1, 0.15) is 0 Å². The van der Waals surface area contributed by atoms with E-state index in [-0.39, 0.29) is 12.0 Å². The van der Waals surface area contributed by atoms with Crippen molar-refractivity contribution in [3.63, 3.8) is 0 Å². The highest BCUT2D eigenvalue weighted by molar-refractivity contribution is 7.85. The Morgan fingerprint density at radius 3 is 1.31 bits per heavy atom. The smallest absolute Gasteiger partial charge is 0.171 e. The van der Waals surface area contributed by atoms with Gasteiger partial charge in [0.2, 0.25) is 0 Å². The number of hydrogen-bond acceptors (Lipinski definition) is 2. The Balaban J connectivity index is 1.09. The molecule has 2 aliphatic rings. The van der Waals surface area contributed by atoms with Crippen LogP contribution in [0.15, 0.2) is 218 Å². The summed E-state index contributed by atoms with van der Waals surface area (Å²) in [5, 5.41) is 7.14. The first-order valence-electron chi connectivity index (χ1n) is 20.3. The van der Waals surface area contributed by atoms with Crippen LogP contribution in [0.1, 0.15) is 11.5 Å². The fraction of sp³-hybridized carbons (Fsp3) is 0.0370. The zero-order valence-electron chi connectivity index (χ0n) is 32.1. The van der Waals surface area contributed by atoms with Crippen LogP contribution in [-0.2, 0) is 4.57 Å². The molecule has 5 heteroatoms. The molecule has 2 unspecified atom stereocenters. The molecule has 280 valence electrons. The van der Waals surface area contributed by atoms with Crippen molar-refractivity contribution in [3.8, 4) is 11.4 Å². The van der Waals surface area contributed by atoms with Crippen LogP contribution in [0, 0.1) is 0 Å². The molecule has 2 atom stereocenters. The van der Waals surface area contributed by atoms with Gasteiger partial charge in [0, 0.05) is 66.1 Å². The first-order chi connectivity index (χ1) is 29.2. The van der Waals surface area contributed by atoms with E-state index in [0.29, 0.717) is 0 Å². The van der Waals surface area contributed by atoms with Gasteiger partial charge in [0.05, 0.1) is 28.1 Å². The molecule has 0 bridgehead atoms. The minimum absolute atomic E-state index is 0.129. The normalized spacial score (nSPS) is 16.0. The number of fused-ring (bicyclic) bond motifs is 9. The summed E-state index contributed by atoms with van der Waals surface area (Å²) in [4.78, 5) is 2.43. The molecule has 0 radical (unpaired) electrons. The van der Waals surface area contributed by atoms with Crippen LogP contribution >= 0.6 is 7.14 Å². The fourth-order valence-corrected chi connectivity index (χ4v) is 12.7. The maximum absolute atomic E-state index is 16.9. The van der Waals surface area contributed by atoms with Crippen LogP contribution in [0.2, 0.25) is 0 Å². The van der Waals surface area contributed by atoms with Crippen LogP contribution in [0.3, 0.4) is 0 Å². The standard InChI is InChI=1S/C54H38N3OP/c58-59(40-19-13-16-37(34-40)55-49-28-7-1-22-43(49)44-23-2-8-29-50(44)55,41-20-14-17-38(35-41)56-51-30-9-3-24-45(51)46-25-4-10-31-52(46)56)42-21-15-18-39(36-42)57-53-32-11-5-26-47(53)48-27-6-12-33-54(48)57/h1-36,43,49H. The van der Waals surface area contributed by atoms with Crippen molar-refractivity contribution in [1.82, 2.24) is 9.13 Å². The third-order valence-corrected chi connectivity index (χ3v) is 15.5. The summed E-state index contributed by atoms with van der Waals surface area (Å²) in [5.74, 6) is 0.248. The van der Waals surface area contributed by atoms with Crippen molar-refractivity contribution >= 4 is 78.0 Å². The Morgan fingerprint density at radius 1 is 0.390 bits per heavy atom. The lowest BCUT2D eigenvalue weighted by atomic mass is 9.91. The molecule has 10 aromatic rings. The van der Waals surface area contributed by atoms with E-state index in [1.54, 1.807) is 0 Å². The van der Waals surface area contributed by atoms with E-state index in [1.807, 2.05) is 0 Å². The third-order valence-electron chi connectivity index (χ3n) is 12.5. The van der Waals surface area contributed by atoms with E-state index in [4.69, 9.17) is 0 Å². The van der Waals surface area contributed by atoms with E-state index in [0.717, 1.165) is 55.0 Å². The van der Waals surface area contributed by atoms with E-state index in [9.17, 15) is 0 Å². The van der Waals surface area contributed by atoms with Crippen molar-refractivity contribution in [2.45, 2.75) is 12.0 Å². The van der Waals surface area contributed by atoms with Gasteiger partial charge in [-0.25, -0.2) is 0 Å². The summed E-state index contributed by atoms with van der Waals surface area (Å²) < 4.78 is 21.6. The molecule has 4 nitrogen and oxygen atoms in total. The van der Waals surface area contributed by atoms with Gasteiger partial charge in [-0.05, 0) is 72.3 Å². The Bertz CT molecular complexity index is 3150. The number of rotatable bonds is 6. The number of para-hydroxylation sites is 5. The van der Waals surface area contributed by atoms with Gasteiger partial charge in [0.25, 0.3) is 0 Å². The van der Waals surface area contributed by atoms with Gasteiger partial charge in [-0.3, -0.25) is 0 Å². The summed E-state index contributed by atoms with van der Waals surface area (Å²) in [6.45, 7) is 0. The van der Waals surface area contributed by atoms with Crippen LogP contribution < -0.4 is 20.8 Å². The number of nitrogens with zero attached hydrogens (tertiary/aromatic N) is 3. The van der Waals surface area contributed by atoms with Crippen molar-refractivity contribution < 1.29 is 4.57 Å². The van der Waals surface area contributed by atoms with Crippen molar-refractivity contribution in [2.24, 2.45) is 0 Å². The van der Waals surface area contributed by atoms with Crippen LogP contribution in [0.25, 0.3) is 55.0 Å². The predicted molar refractivity (Wildman–Crippen MR) is 248 cm³/mol. The molecule has 12 rings (SSSR count). The Hall–Kier alpha value is -7.13. The average molecular weight is 776 g/mol. The maximum atomic E-state index is 16.9. The molecule has 0 saturated carbocycles. The highest BCUT2D eigenvalue weighted by Gasteiger charge is 2.38. The summed E-state index contributed by atoms with van der Waals surface area (Å²) in [6.07, 6.45) is 8.90. The number of hydrogen-bond donors (Lipinski definition) is 0. The Morgan fingerprint density at radius 2 is 0.797 bits per heavy atom. The topological polar surface area (TPSA) is 30.2 Å². The fourth-order valence-electron chi connectivity index (χ4n) is 9.93.